The SMILES string of the molecule is CC(C)c1ccc(S(=O)(=O)N2CCN(Cc3noc(CN)n3)CC2)cc1. The molecule has 26 heavy (non-hydrogen) atoms. The quantitative estimate of drug-likeness (QED) is 0.803. The zero-order valence-corrected chi connectivity index (χ0v) is 15.9. The minimum Gasteiger partial charge on any atom is -0.338 e. The highest BCUT2D eigenvalue weighted by atomic mass is 32.2. The van der Waals surface area contributed by atoms with E-state index in [1.165, 1.54) is 4.31 Å². The minimum absolute atomic E-state index is 0.217. The number of nitrogens with two attached hydrogens (primary N) is 1. The summed E-state index contributed by atoms with van der Waals surface area (Å²) < 4.78 is 32.2. The van der Waals surface area contributed by atoms with E-state index in [4.69, 9.17) is 10.3 Å². The summed E-state index contributed by atoms with van der Waals surface area (Å²) >= 11 is 0. The molecule has 0 saturated carbocycles. The number of nitrogens with zero attached hydrogens (tertiary/aromatic N) is 4. The summed E-state index contributed by atoms with van der Waals surface area (Å²) in [5.41, 5.74) is 6.59. The maximum atomic E-state index is 12.8. The van der Waals surface area contributed by atoms with E-state index in [0.717, 1.165) is 5.56 Å². The first kappa shape index (κ1) is 19.0. The Morgan fingerprint density at radius 2 is 1.81 bits per heavy atom. The van der Waals surface area contributed by atoms with Crippen LogP contribution in [-0.4, -0.2) is 53.9 Å². The third kappa shape index (κ3) is 4.12. The molecule has 0 atom stereocenters. The van der Waals surface area contributed by atoms with Gasteiger partial charge in [-0.3, -0.25) is 4.90 Å². The molecule has 2 heterocycles. The van der Waals surface area contributed by atoms with Gasteiger partial charge < -0.3 is 10.3 Å². The van der Waals surface area contributed by atoms with Gasteiger partial charge in [-0.15, -0.1) is 0 Å². The molecule has 142 valence electrons. The van der Waals surface area contributed by atoms with E-state index in [1.54, 1.807) is 12.1 Å². The molecule has 1 aromatic heterocycles. The van der Waals surface area contributed by atoms with Gasteiger partial charge >= 0.3 is 0 Å². The Morgan fingerprint density at radius 3 is 2.35 bits per heavy atom. The summed E-state index contributed by atoms with van der Waals surface area (Å²) in [4.78, 5) is 6.64. The Balaban J connectivity index is 1.61. The summed E-state index contributed by atoms with van der Waals surface area (Å²) in [6.07, 6.45) is 0. The van der Waals surface area contributed by atoms with Crippen molar-refractivity contribution < 1.29 is 12.9 Å². The Morgan fingerprint density at radius 1 is 1.15 bits per heavy atom. The first-order chi connectivity index (χ1) is 12.4. The molecule has 0 radical (unpaired) electrons. The highest BCUT2D eigenvalue weighted by molar-refractivity contribution is 7.89. The van der Waals surface area contributed by atoms with Crippen molar-refractivity contribution in [3.8, 4) is 0 Å². The van der Waals surface area contributed by atoms with Crippen LogP contribution in [0.1, 0.15) is 37.0 Å². The lowest BCUT2D eigenvalue weighted by molar-refractivity contribution is 0.176. The van der Waals surface area contributed by atoms with E-state index in [2.05, 4.69) is 28.9 Å². The number of aromatic nitrogens is 2. The number of rotatable bonds is 6. The molecule has 1 saturated heterocycles. The highest BCUT2D eigenvalue weighted by Crippen LogP contribution is 2.21. The van der Waals surface area contributed by atoms with Gasteiger partial charge in [-0.2, -0.15) is 9.29 Å². The molecule has 0 aliphatic carbocycles. The molecule has 2 aromatic rings. The van der Waals surface area contributed by atoms with Crippen LogP contribution in [0.25, 0.3) is 0 Å². The van der Waals surface area contributed by atoms with E-state index >= 15 is 0 Å². The van der Waals surface area contributed by atoms with Crippen molar-refractivity contribution in [1.29, 1.82) is 0 Å². The summed E-state index contributed by atoms with van der Waals surface area (Å²) in [5.74, 6) is 1.36. The lowest BCUT2D eigenvalue weighted by Crippen LogP contribution is -2.48. The highest BCUT2D eigenvalue weighted by Gasteiger charge is 2.29. The molecular formula is C17H25N5O3S. The van der Waals surface area contributed by atoms with Crippen molar-refractivity contribution >= 4 is 10.0 Å². The average molecular weight is 379 g/mol. The molecule has 3 rings (SSSR count). The molecule has 1 fully saturated rings. The summed E-state index contributed by atoms with van der Waals surface area (Å²) in [7, 11) is -3.46. The molecule has 0 bridgehead atoms. The predicted molar refractivity (Wildman–Crippen MR) is 96.8 cm³/mol. The number of hydrogen-bond acceptors (Lipinski definition) is 7. The first-order valence-electron chi connectivity index (χ1n) is 8.74. The predicted octanol–water partition coefficient (Wildman–Crippen LogP) is 1.16. The third-order valence-corrected chi connectivity index (χ3v) is 6.48. The van der Waals surface area contributed by atoms with Crippen molar-refractivity contribution in [2.45, 2.75) is 37.8 Å². The molecule has 1 aliphatic heterocycles. The van der Waals surface area contributed by atoms with Crippen molar-refractivity contribution in [2.24, 2.45) is 5.73 Å². The van der Waals surface area contributed by atoms with Crippen LogP contribution in [0.5, 0.6) is 0 Å². The van der Waals surface area contributed by atoms with Crippen molar-refractivity contribution in [3.63, 3.8) is 0 Å². The van der Waals surface area contributed by atoms with Gasteiger partial charge in [-0.05, 0) is 23.6 Å². The van der Waals surface area contributed by atoms with Gasteiger partial charge in [-0.1, -0.05) is 31.1 Å². The van der Waals surface area contributed by atoms with Crippen molar-refractivity contribution in [2.75, 3.05) is 26.2 Å². The Kier molecular flexibility index (Phi) is 5.71. The second-order valence-electron chi connectivity index (χ2n) is 6.71. The fourth-order valence-electron chi connectivity index (χ4n) is 2.94. The van der Waals surface area contributed by atoms with Crippen LogP contribution in [0.4, 0.5) is 0 Å². The van der Waals surface area contributed by atoms with Gasteiger partial charge in [0.2, 0.25) is 15.9 Å². The molecule has 9 heteroatoms. The van der Waals surface area contributed by atoms with Crippen LogP contribution < -0.4 is 5.73 Å². The van der Waals surface area contributed by atoms with E-state index in [1.807, 2.05) is 12.1 Å². The van der Waals surface area contributed by atoms with E-state index in [-0.39, 0.29) is 6.54 Å². The maximum Gasteiger partial charge on any atom is 0.243 e. The van der Waals surface area contributed by atoms with Gasteiger partial charge in [0, 0.05) is 26.2 Å². The maximum absolute atomic E-state index is 12.8. The molecule has 0 unspecified atom stereocenters. The molecule has 8 nitrogen and oxygen atoms in total. The van der Waals surface area contributed by atoms with Crippen LogP contribution >= 0.6 is 0 Å². The molecule has 0 spiro atoms. The zero-order valence-electron chi connectivity index (χ0n) is 15.1. The number of hydrogen-bond donors (Lipinski definition) is 1. The van der Waals surface area contributed by atoms with Gasteiger partial charge in [-0.25, -0.2) is 8.42 Å². The third-order valence-electron chi connectivity index (χ3n) is 4.57. The average Bonchev–Trinajstić information content (AvgIpc) is 3.10. The Labute approximate surface area is 154 Å². The standard InChI is InChI=1S/C17H25N5O3S/c1-13(2)14-3-5-15(6-4-14)26(23,24)22-9-7-21(8-10-22)12-16-19-17(11-18)25-20-16/h3-6,13H,7-12,18H2,1-2H3. The molecule has 1 aromatic carbocycles. The summed E-state index contributed by atoms with van der Waals surface area (Å²) in [5, 5.41) is 3.88. The lowest BCUT2D eigenvalue weighted by atomic mass is 10.0. The first-order valence-corrected chi connectivity index (χ1v) is 10.2. The minimum atomic E-state index is -3.46. The van der Waals surface area contributed by atoms with Crippen LogP contribution in [0.15, 0.2) is 33.7 Å². The van der Waals surface area contributed by atoms with Crippen LogP contribution in [0, 0.1) is 0 Å². The van der Waals surface area contributed by atoms with E-state index in [0.29, 0.717) is 55.3 Å². The van der Waals surface area contributed by atoms with Crippen LogP contribution in [0.2, 0.25) is 0 Å². The second-order valence-corrected chi connectivity index (χ2v) is 8.65. The molecule has 2 N–H and O–H groups in total. The lowest BCUT2D eigenvalue weighted by Gasteiger charge is -2.33. The Hall–Kier alpha value is -1.81. The fourth-order valence-corrected chi connectivity index (χ4v) is 4.36. The number of sulfonamides is 1. The van der Waals surface area contributed by atoms with E-state index < -0.39 is 10.0 Å². The van der Waals surface area contributed by atoms with Gasteiger partial charge in [0.25, 0.3) is 0 Å². The number of piperazine rings is 1. The van der Waals surface area contributed by atoms with Crippen LogP contribution in [0.3, 0.4) is 0 Å². The largest absolute Gasteiger partial charge is 0.338 e. The smallest absolute Gasteiger partial charge is 0.243 e. The van der Waals surface area contributed by atoms with Crippen LogP contribution in [-0.2, 0) is 23.1 Å². The normalized spacial score (nSPS) is 17.1. The monoisotopic (exact) mass is 379 g/mol. The van der Waals surface area contributed by atoms with Crippen molar-refractivity contribution in [1.82, 2.24) is 19.3 Å². The van der Waals surface area contributed by atoms with Crippen molar-refractivity contribution in [3.05, 3.63) is 41.5 Å². The topological polar surface area (TPSA) is 106 Å². The molecule has 1 aliphatic rings. The number of benzene rings is 1. The van der Waals surface area contributed by atoms with Gasteiger partial charge in [0.1, 0.15) is 0 Å². The zero-order chi connectivity index (χ0) is 18.7. The van der Waals surface area contributed by atoms with E-state index in [9.17, 15) is 8.42 Å². The molecule has 0 amide bonds. The fraction of sp³-hybridized carbons (Fsp3) is 0.529. The van der Waals surface area contributed by atoms with Gasteiger partial charge in [0.15, 0.2) is 5.82 Å². The summed E-state index contributed by atoms with van der Waals surface area (Å²) in [6.45, 7) is 7.04. The Bertz CT molecular complexity index is 824. The van der Waals surface area contributed by atoms with Gasteiger partial charge in [0.05, 0.1) is 18.0 Å². The summed E-state index contributed by atoms with van der Waals surface area (Å²) in [6, 6.07) is 7.17. The second kappa shape index (κ2) is 7.83. The molecular weight excluding hydrogens is 354 g/mol.